The predicted molar refractivity (Wildman–Crippen MR) is 151 cm³/mol. The molecule has 1 saturated heterocycles. The van der Waals surface area contributed by atoms with Crippen LogP contribution in [0.4, 0.5) is 0 Å². The van der Waals surface area contributed by atoms with E-state index in [0.717, 1.165) is 31.8 Å². The smallest absolute Gasteiger partial charge is 0.320 e. The van der Waals surface area contributed by atoms with Crippen LogP contribution in [0.5, 0.6) is 0 Å². The van der Waals surface area contributed by atoms with Crippen LogP contribution in [-0.2, 0) is 32.1 Å². The van der Waals surface area contributed by atoms with E-state index in [9.17, 15) is 14.4 Å². The lowest BCUT2D eigenvalue weighted by Gasteiger charge is -2.28. The number of hydrogen-bond donors (Lipinski definition) is 4. The number of nitrogens with zero attached hydrogens (tertiary/aromatic N) is 1. The number of unbranched alkanes of at least 4 members (excludes halogenated alkanes) is 1. The monoisotopic (exact) mass is 538 g/mol. The van der Waals surface area contributed by atoms with Gasteiger partial charge in [0.25, 0.3) is 0 Å². The fraction of sp³-hybridized carbons (Fsp3) is 0.630. The summed E-state index contributed by atoms with van der Waals surface area (Å²) in [6.07, 6.45) is 7.44. The van der Waals surface area contributed by atoms with E-state index in [1.54, 1.807) is 18.8 Å². The molecule has 37 heavy (non-hydrogen) atoms. The topological polar surface area (TPSA) is 128 Å². The van der Waals surface area contributed by atoms with E-state index in [2.05, 4.69) is 59.0 Å². The zero-order valence-corrected chi connectivity index (χ0v) is 23.7. The first kappa shape index (κ1) is 34.6. The Morgan fingerprint density at radius 3 is 2.35 bits per heavy atom. The number of fused-ring (bicyclic) bond motifs is 1. The number of likely N-dealkylation sites (N-methyl/N-ethyl adjacent to an activating group) is 1. The Morgan fingerprint density at radius 2 is 1.84 bits per heavy atom. The predicted octanol–water partition coefficient (Wildman–Crippen LogP) is 2.47. The fourth-order valence-corrected chi connectivity index (χ4v) is 4.11. The minimum absolute atomic E-state index is 0.0252. The van der Waals surface area contributed by atoms with Crippen LogP contribution >= 0.6 is 11.8 Å². The number of nitrogens with one attached hydrogen (secondary N) is 3. The zero-order valence-electron chi connectivity index (χ0n) is 22.9. The van der Waals surface area contributed by atoms with E-state index < -0.39 is 5.97 Å². The van der Waals surface area contributed by atoms with Crippen LogP contribution < -0.4 is 16.0 Å². The van der Waals surface area contributed by atoms with Gasteiger partial charge in [-0.25, -0.2) is 0 Å². The summed E-state index contributed by atoms with van der Waals surface area (Å²) in [5, 5.41) is 16.9. The van der Waals surface area contributed by atoms with Crippen molar-refractivity contribution >= 4 is 36.3 Å². The van der Waals surface area contributed by atoms with Gasteiger partial charge in [-0.2, -0.15) is 11.8 Å². The van der Waals surface area contributed by atoms with E-state index in [1.807, 2.05) is 13.0 Å². The van der Waals surface area contributed by atoms with Crippen molar-refractivity contribution < 1.29 is 24.3 Å². The molecule has 2 aliphatic rings. The Morgan fingerprint density at radius 1 is 1.19 bits per heavy atom. The van der Waals surface area contributed by atoms with Gasteiger partial charge in [-0.15, -0.1) is 0 Å². The van der Waals surface area contributed by atoms with Crippen LogP contribution in [0.15, 0.2) is 24.3 Å². The van der Waals surface area contributed by atoms with Gasteiger partial charge in [0.1, 0.15) is 18.9 Å². The molecule has 9 nitrogen and oxygen atoms in total. The standard InChI is InChI=1S/C16H21N3O2.C6H13NO2S.C4H10.CH2O/c20-15-6-5-14(18-15)16(21)17-8-10-19-9-7-12-3-1-2-4-13(12)11-19;1-7-5(6(8)9)3-4-10-2;1-3-4-2;1-2/h1-4,14H,5-11H2,(H,17,21)(H,18,20);5,7H,3-4H2,1-2H3,(H,8,9);3-4H2,1-2H3;1H2/t14-;5-;;/m00../s1. The first-order valence-corrected chi connectivity index (χ1v) is 14.3. The molecule has 2 aliphatic heterocycles. The molecule has 1 fully saturated rings. The Balaban J connectivity index is 0.000000681. The number of carboxylic acid groups (broad SMARTS) is 1. The number of benzene rings is 1. The quantitative estimate of drug-likeness (QED) is 0.358. The molecular formula is C27H46N4O5S. The fourth-order valence-electron chi connectivity index (χ4n) is 3.64. The Hall–Kier alpha value is -2.43. The maximum atomic E-state index is 11.9. The van der Waals surface area contributed by atoms with Crippen LogP contribution in [0.1, 0.15) is 57.1 Å². The van der Waals surface area contributed by atoms with Crippen LogP contribution in [0.2, 0.25) is 0 Å². The third-order valence-corrected chi connectivity index (χ3v) is 6.65. The molecule has 1 aromatic rings. The van der Waals surface area contributed by atoms with Gasteiger partial charge in [0, 0.05) is 32.6 Å². The summed E-state index contributed by atoms with van der Waals surface area (Å²) < 4.78 is 0. The number of hydrogen-bond acceptors (Lipinski definition) is 7. The lowest BCUT2D eigenvalue weighted by Crippen LogP contribution is -2.44. The van der Waals surface area contributed by atoms with E-state index in [0.29, 0.717) is 25.8 Å². The molecule has 0 saturated carbocycles. The molecule has 210 valence electrons. The second-order valence-corrected chi connectivity index (χ2v) is 9.69. The van der Waals surface area contributed by atoms with Crippen LogP contribution in [0, 0.1) is 0 Å². The van der Waals surface area contributed by atoms with Crippen molar-refractivity contribution in [3.8, 4) is 0 Å². The zero-order chi connectivity index (χ0) is 28.1. The van der Waals surface area contributed by atoms with Crippen molar-refractivity contribution in [3.05, 3.63) is 35.4 Å². The number of carboxylic acids is 1. The molecule has 1 aromatic carbocycles. The molecule has 0 aliphatic carbocycles. The molecule has 2 amide bonds. The van der Waals surface area contributed by atoms with Gasteiger partial charge in [0.05, 0.1) is 0 Å². The van der Waals surface area contributed by atoms with Crippen LogP contribution in [-0.4, -0.2) is 85.4 Å². The SMILES string of the molecule is C=O.CCCC.CN[C@@H](CCSC)C(=O)O.O=C1CC[C@@H](C(=O)NCCN2CCc3ccccc3C2)N1. The summed E-state index contributed by atoms with van der Waals surface area (Å²) in [6.45, 7) is 9.83. The third-order valence-electron chi connectivity index (χ3n) is 6.01. The van der Waals surface area contributed by atoms with Crippen molar-refractivity contribution in [1.29, 1.82) is 0 Å². The molecule has 10 heteroatoms. The first-order valence-electron chi connectivity index (χ1n) is 12.9. The van der Waals surface area contributed by atoms with E-state index in [-0.39, 0.29) is 23.9 Å². The molecule has 0 radical (unpaired) electrons. The molecule has 0 unspecified atom stereocenters. The lowest BCUT2D eigenvalue weighted by atomic mass is 10.00. The van der Waals surface area contributed by atoms with E-state index >= 15 is 0 Å². The molecule has 0 spiro atoms. The van der Waals surface area contributed by atoms with Gasteiger partial charge < -0.3 is 25.9 Å². The molecule has 0 aromatic heterocycles. The number of carbonyl (C=O) groups is 4. The van der Waals surface area contributed by atoms with Crippen molar-refractivity contribution in [2.45, 2.75) is 71.0 Å². The van der Waals surface area contributed by atoms with Crippen LogP contribution in [0.3, 0.4) is 0 Å². The summed E-state index contributed by atoms with van der Waals surface area (Å²) in [5.74, 6) is 0.0373. The summed E-state index contributed by atoms with van der Waals surface area (Å²) in [4.78, 5) is 43.7. The minimum atomic E-state index is -0.767. The highest BCUT2D eigenvalue weighted by Crippen LogP contribution is 2.17. The number of aliphatic carboxylic acids is 1. The van der Waals surface area contributed by atoms with Gasteiger partial charge in [-0.3, -0.25) is 19.3 Å². The highest BCUT2D eigenvalue weighted by atomic mass is 32.2. The third kappa shape index (κ3) is 14.8. The lowest BCUT2D eigenvalue weighted by molar-refractivity contribution is -0.139. The van der Waals surface area contributed by atoms with Gasteiger partial charge >= 0.3 is 5.97 Å². The highest BCUT2D eigenvalue weighted by Gasteiger charge is 2.26. The molecule has 4 N–H and O–H groups in total. The summed E-state index contributed by atoms with van der Waals surface area (Å²) in [5.41, 5.74) is 2.82. The van der Waals surface area contributed by atoms with Gasteiger partial charge in [0.2, 0.25) is 11.8 Å². The molecule has 2 atom stereocenters. The van der Waals surface area contributed by atoms with Gasteiger partial charge in [-0.05, 0) is 49.4 Å². The van der Waals surface area contributed by atoms with E-state index in [4.69, 9.17) is 9.90 Å². The molecule has 0 bridgehead atoms. The Kier molecular flexibility index (Phi) is 20.2. The molecule has 2 heterocycles. The second kappa shape index (κ2) is 21.6. The highest BCUT2D eigenvalue weighted by molar-refractivity contribution is 7.98. The minimum Gasteiger partial charge on any atom is -0.480 e. The Bertz CT molecular complexity index is 794. The average Bonchev–Trinajstić information content (AvgIpc) is 3.37. The van der Waals surface area contributed by atoms with Crippen molar-refractivity contribution in [2.75, 3.05) is 38.7 Å². The molecular weight excluding hydrogens is 492 g/mol. The van der Waals surface area contributed by atoms with E-state index in [1.165, 1.54) is 24.0 Å². The Labute approximate surface area is 226 Å². The number of carbonyl (C=O) groups excluding carboxylic acids is 3. The van der Waals surface area contributed by atoms with Gasteiger partial charge in [0.15, 0.2) is 0 Å². The summed E-state index contributed by atoms with van der Waals surface area (Å²) in [7, 11) is 1.67. The van der Waals surface area contributed by atoms with Crippen molar-refractivity contribution in [3.63, 3.8) is 0 Å². The number of thioether (sulfide) groups is 1. The maximum absolute atomic E-state index is 11.9. The molecule has 3 rings (SSSR count). The normalized spacial score (nSPS) is 16.8. The first-order chi connectivity index (χ1) is 17.9. The maximum Gasteiger partial charge on any atom is 0.320 e. The second-order valence-electron chi connectivity index (χ2n) is 8.71. The van der Waals surface area contributed by atoms with Gasteiger partial charge in [-0.1, -0.05) is 51.0 Å². The summed E-state index contributed by atoms with van der Waals surface area (Å²) >= 11 is 1.66. The number of amides is 2. The van der Waals surface area contributed by atoms with Crippen molar-refractivity contribution in [1.82, 2.24) is 20.9 Å². The summed E-state index contributed by atoms with van der Waals surface area (Å²) in [6, 6.07) is 7.81. The average molecular weight is 539 g/mol. The van der Waals surface area contributed by atoms with Crippen molar-refractivity contribution in [2.24, 2.45) is 0 Å². The largest absolute Gasteiger partial charge is 0.480 e. The van der Waals surface area contributed by atoms with Crippen LogP contribution in [0.25, 0.3) is 0 Å². The number of rotatable bonds is 10.